The molecule has 0 aliphatic rings. The van der Waals surface area contributed by atoms with E-state index >= 15 is 0 Å². The van der Waals surface area contributed by atoms with Crippen molar-refractivity contribution in [3.05, 3.63) is 57.6 Å². The fourth-order valence-corrected chi connectivity index (χ4v) is 2.65. The van der Waals surface area contributed by atoms with Gasteiger partial charge in [0.1, 0.15) is 11.5 Å². The molecule has 108 valence electrons. The average molecular weight is 281 g/mol. The molecule has 21 heavy (non-hydrogen) atoms. The summed E-state index contributed by atoms with van der Waals surface area (Å²) in [5.74, 6) is 0.128. The first-order valence-electron chi connectivity index (χ1n) is 6.85. The second kappa shape index (κ2) is 5.49. The molecule has 2 aromatic carbocycles. The van der Waals surface area contributed by atoms with Gasteiger partial charge in [-0.1, -0.05) is 24.3 Å². The summed E-state index contributed by atoms with van der Waals surface area (Å²) in [6.07, 6.45) is 0. The summed E-state index contributed by atoms with van der Waals surface area (Å²) in [4.78, 5) is 0. The van der Waals surface area contributed by atoms with Gasteiger partial charge in [0.05, 0.1) is 12.0 Å². The Bertz CT molecular complexity index is 638. The number of rotatable bonds is 2. The minimum Gasteiger partial charge on any atom is -0.507 e. The first-order valence-corrected chi connectivity index (χ1v) is 6.85. The molecule has 0 heterocycles. The van der Waals surface area contributed by atoms with Crippen LogP contribution in [0.2, 0.25) is 0 Å². The van der Waals surface area contributed by atoms with E-state index in [0.29, 0.717) is 0 Å². The highest BCUT2D eigenvalue weighted by Gasteiger charge is 2.17. The smallest absolute Gasteiger partial charge is 0.121 e. The van der Waals surface area contributed by atoms with Crippen molar-refractivity contribution in [1.29, 1.82) is 5.26 Å². The number of aromatic hydroxyl groups is 2. The van der Waals surface area contributed by atoms with Crippen molar-refractivity contribution < 1.29 is 10.2 Å². The molecule has 0 amide bonds. The van der Waals surface area contributed by atoms with E-state index in [-0.39, 0.29) is 11.5 Å². The lowest BCUT2D eigenvalue weighted by atomic mass is 9.88. The van der Waals surface area contributed by atoms with Crippen LogP contribution in [0, 0.1) is 39.0 Å². The van der Waals surface area contributed by atoms with Gasteiger partial charge in [-0.2, -0.15) is 5.26 Å². The molecule has 0 atom stereocenters. The van der Waals surface area contributed by atoms with Crippen LogP contribution in [0.4, 0.5) is 0 Å². The molecule has 3 nitrogen and oxygen atoms in total. The summed E-state index contributed by atoms with van der Waals surface area (Å²) in [5, 5.41) is 29.3. The first kappa shape index (κ1) is 14.9. The van der Waals surface area contributed by atoms with Gasteiger partial charge in [-0.25, -0.2) is 0 Å². The van der Waals surface area contributed by atoms with Crippen LogP contribution in [0.25, 0.3) is 0 Å². The van der Waals surface area contributed by atoms with E-state index in [9.17, 15) is 15.5 Å². The first-order chi connectivity index (χ1) is 9.85. The van der Waals surface area contributed by atoms with E-state index in [4.69, 9.17) is 0 Å². The fraction of sp³-hybridized carbons (Fsp3) is 0.278. The Kier molecular flexibility index (Phi) is 3.90. The van der Waals surface area contributed by atoms with Crippen LogP contribution in [0.1, 0.15) is 39.3 Å². The molecule has 0 saturated carbocycles. The van der Waals surface area contributed by atoms with E-state index in [1.165, 1.54) is 0 Å². The lowest BCUT2D eigenvalue weighted by molar-refractivity contribution is 0.466. The third kappa shape index (κ3) is 2.71. The van der Waals surface area contributed by atoms with Crippen molar-refractivity contribution in [2.24, 2.45) is 0 Å². The van der Waals surface area contributed by atoms with Crippen molar-refractivity contribution in [3.63, 3.8) is 0 Å². The maximum absolute atomic E-state index is 9.86. The van der Waals surface area contributed by atoms with Crippen LogP contribution in [0.15, 0.2) is 24.3 Å². The molecule has 3 heteroatoms. The van der Waals surface area contributed by atoms with Crippen LogP contribution in [0.3, 0.4) is 0 Å². The van der Waals surface area contributed by atoms with Gasteiger partial charge in [0, 0.05) is 0 Å². The van der Waals surface area contributed by atoms with Gasteiger partial charge in [0.2, 0.25) is 0 Å². The van der Waals surface area contributed by atoms with Gasteiger partial charge in [0.25, 0.3) is 0 Å². The zero-order valence-corrected chi connectivity index (χ0v) is 12.7. The lowest BCUT2D eigenvalue weighted by Gasteiger charge is -2.15. The Morgan fingerprint density at radius 1 is 0.762 bits per heavy atom. The number of nitriles is 1. The van der Waals surface area contributed by atoms with Crippen molar-refractivity contribution in [2.75, 3.05) is 0 Å². The zero-order valence-electron chi connectivity index (χ0n) is 12.7. The van der Waals surface area contributed by atoms with Gasteiger partial charge in [-0.3, -0.25) is 0 Å². The third-order valence-electron chi connectivity index (χ3n) is 3.82. The molecule has 2 rings (SSSR count). The molecule has 0 radical (unpaired) electrons. The van der Waals surface area contributed by atoms with E-state index in [2.05, 4.69) is 6.07 Å². The standard InChI is InChI=1S/C18H19NO2/c1-10-5-14(6-11(2)17(10)20)16(9-19)15-7-12(3)18(21)13(4)8-15/h5-8,16,20-21H,1-4H3. The highest BCUT2D eigenvalue weighted by Crippen LogP contribution is 2.33. The third-order valence-corrected chi connectivity index (χ3v) is 3.82. The molecule has 2 aromatic rings. The summed E-state index contributed by atoms with van der Waals surface area (Å²) in [6.45, 7) is 7.31. The molecule has 0 fully saturated rings. The number of benzene rings is 2. The zero-order chi connectivity index (χ0) is 15.7. The van der Waals surface area contributed by atoms with Gasteiger partial charge in [-0.15, -0.1) is 0 Å². The number of phenols is 2. The van der Waals surface area contributed by atoms with E-state index < -0.39 is 5.92 Å². The number of phenolic OH excluding ortho intramolecular Hbond substituents is 2. The van der Waals surface area contributed by atoms with Crippen molar-refractivity contribution >= 4 is 0 Å². The topological polar surface area (TPSA) is 64.2 Å². The number of nitrogens with zero attached hydrogens (tertiary/aromatic N) is 1. The monoisotopic (exact) mass is 281 g/mol. The molecule has 0 aromatic heterocycles. The number of hydrogen-bond donors (Lipinski definition) is 2. The van der Waals surface area contributed by atoms with Gasteiger partial charge < -0.3 is 10.2 Å². The van der Waals surface area contributed by atoms with Crippen molar-refractivity contribution in [3.8, 4) is 17.6 Å². The normalized spacial score (nSPS) is 10.7. The van der Waals surface area contributed by atoms with Crippen LogP contribution in [-0.4, -0.2) is 10.2 Å². The summed E-state index contributed by atoms with van der Waals surface area (Å²) in [7, 11) is 0. The minimum atomic E-state index is -0.416. The van der Waals surface area contributed by atoms with Gasteiger partial charge >= 0.3 is 0 Å². The lowest BCUT2D eigenvalue weighted by Crippen LogP contribution is -2.01. The van der Waals surface area contributed by atoms with Crippen LogP contribution in [-0.2, 0) is 0 Å². The Morgan fingerprint density at radius 3 is 1.29 bits per heavy atom. The molecular weight excluding hydrogens is 262 g/mol. The summed E-state index contributed by atoms with van der Waals surface area (Å²) in [5.41, 5.74) is 4.76. The minimum absolute atomic E-state index is 0.272. The Balaban J connectivity index is 2.58. The van der Waals surface area contributed by atoms with Gasteiger partial charge in [0.15, 0.2) is 0 Å². The van der Waals surface area contributed by atoms with E-state index in [0.717, 1.165) is 33.4 Å². The van der Waals surface area contributed by atoms with Crippen molar-refractivity contribution in [2.45, 2.75) is 33.6 Å². The maximum atomic E-state index is 9.86. The second-order valence-electron chi connectivity index (χ2n) is 5.57. The molecular formula is C18H19NO2. The van der Waals surface area contributed by atoms with Crippen LogP contribution < -0.4 is 0 Å². The highest BCUT2D eigenvalue weighted by molar-refractivity contribution is 5.51. The van der Waals surface area contributed by atoms with Gasteiger partial charge in [-0.05, 0) is 61.1 Å². The highest BCUT2D eigenvalue weighted by atomic mass is 16.3. The maximum Gasteiger partial charge on any atom is 0.121 e. The molecule has 0 bridgehead atoms. The fourth-order valence-electron chi connectivity index (χ4n) is 2.65. The van der Waals surface area contributed by atoms with E-state index in [1.807, 2.05) is 52.0 Å². The SMILES string of the molecule is Cc1cc(C(C#N)c2cc(C)c(O)c(C)c2)cc(C)c1O. The molecule has 2 N–H and O–H groups in total. The molecule has 0 aliphatic carbocycles. The molecule has 0 spiro atoms. The predicted molar refractivity (Wildman–Crippen MR) is 82.6 cm³/mol. The quantitative estimate of drug-likeness (QED) is 0.874. The van der Waals surface area contributed by atoms with E-state index in [1.54, 1.807) is 0 Å². The molecule has 0 unspecified atom stereocenters. The summed E-state index contributed by atoms with van der Waals surface area (Å²) < 4.78 is 0. The largest absolute Gasteiger partial charge is 0.507 e. The second-order valence-corrected chi connectivity index (χ2v) is 5.57. The Hall–Kier alpha value is -2.47. The number of hydrogen-bond acceptors (Lipinski definition) is 3. The summed E-state index contributed by atoms with van der Waals surface area (Å²) in [6, 6.07) is 9.68. The molecule has 0 aliphatic heterocycles. The van der Waals surface area contributed by atoms with Crippen LogP contribution >= 0.6 is 0 Å². The Labute approximate surface area is 125 Å². The Morgan fingerprint density at radius 2 is 1.05 bits per heavy atom. The van der Waals surface area contributed by atoms with Crippen molar-refractivity contribution in [1.82, 2.24) is 0 Å². The number of aryl methyl sites for hydroxylation is 4. The van der Waals surface area contributed by atoms with Crippen LogP contribution in [0.5, 0.6) is 11.5 Å². The summed E-state index contributed by atoms with van der Waals surface area (Å²) >= 11 is 0. The molecule has 0 saturated heterocycles. The predicted octanol–water partition coefficient (Wildman–Crippen LogP) is 3.99. The average Bonchev–Trinajstić information content (AvgIpc) is 2.42.